The van der Waals surface area contributed by atoms with E-state index in [4.69, 9.17) is 4.74 Å². The number of methoxy groups -OCH3 is 1. The van der Waals surface area contributed by atoms with Crippen LogP contribution in [0.5, 0.6) is 5.75 Å². The molecule has 0 bridgehead atoms. The van der Waals surface area contributed by atoms with Gasteiger partial charge in [0, 0.05) is 17.3 Å². The first-order valence-electron chi connectivity index (χ1n) is 5.91. The highest BCUT2D eigenvalue weighted by molar-refractivity contribution is 7.98. The van der Waals surface area contributed by atoms with Crippen molar-refractivity contribution >= 4 is 23.4 Å². The lowest BCUT2D eigenvalue weighted by atomic mass is 10.1. The minimum absolute atomic E-state index is 0.885. The van der Waals surface area contributed by atoms with Gasteiger partial charge in [-0.15, -0.1) is 11.8 Å². The van der Waals surface area contributed by atoms with Gasteiger partial charge in [-0.3, -0.25) is 9.97 Å². The van der Waals surface area contributed by atoms with Crippen molar-refractivity contribution in [2.75, 3.05) is 13.4 Å². The Bertz CT molecular complexity index is 582. The molecule has 3 nitrogen and oxygen atoms in total. The van der Waals surface area contributed by atoms with E-state index < -0.39 is 0 Å². The quantitative estimate of drug-likeness (QED) is 0.794. The van der Waals surface area contributed by atoms with Crippen LogP contribution in [0.25, 0.3) is 11.6 Å². The summed E-state index contributed by atoms with van der Waals surface area (Å²) < 4.78 is 5.39. The van der Waals surface area contributed by atoms with Gasteiger partial charge >= 0.3 is 0 Å². The summed E-state index contributed by atoms with van der Waals surface area (Å²) in [5.41, 5.74) is 3.06. The summed E-state index contributed by atoms with van der Waals surface area (Å²) in [5.74, 6) is 0.896. The molecule has 0 unspecified atom stereocenters. The lowest BCUT2D eigenvalue weighted by molar-refractivity contribution is 0.405. The van der Waals surface area contributed by atoms with Gasteiger partial charge in [0.25, 0.3) is 0 Å². The number of nitrogens with zero attached hydrogens (tertiary/aromatic N) is 2. The highest BCUT2D eigenvalue weighted by Crippen LogP contribution is 2.29. The molecule has 0 radical (unpaired) electrons. The molecule has 0 N–H and O–H groups in total. The minimum Gasteiger partial charge on any atom is -0.496 e. The largest absolute Gasteiger partial charge is 0.496 e. The third-order valence-corrected chi connectivity index (χ3v) is 3.54. The fourth-order valence-corrected chi connectivity index (χ4v) is 2.32. The first-order valence-corrected chi connectivity index (χ1v) is 7.14. The van der Waals surface area contributed by atoms with E-state index in [2.05, 4.69) is 28.2 Å². The zero-order valence-corrected chi connectivity index (χ0v) is 12.1. The fraction of sp³-hybridized carbons (Fsp3) is 0.200. The monoisotopic (exact) mass is 272 g/mol. The highest BCUT2D eigenvalue weighted by atomic mass is 32.2. The van der Waals surface area contributed by atoms with Crippen LogP contribution in [0.4, 0.5) is 0 Å². The molecule has 0 aliphatic rings. The fourth-order valence-electron chi connectivity index (χ4n) is 1.77. The molecule has 2 aromatic rings. The van der Waals surface area contributed by atoms with Crippen molar-refractivity contribution in [3.8, 4) is 5.75 Å². The number of allylic oxidation sites excluding steroid dienone is 1. The Morgan fingerprint density at radius 2 is 2.16 bits per heavy atom. The van der Waals surface area contributed by atoms with Crippen LogP contribution in [0.3, 0.4) is 0 Å². The Hall–Kier alpha value is -1.81. The van der Waals surface area contributed by atoms with E-state index in [0.717, 1.165) is 27.5 Å². The Morgan fingerprint density at radius 1 is 1.32 bits per heavy atom. The second-order valence-electron chi connectivity index (χ2n) is 4.03. The summed E-state index contributed by atoms with van der Waals surface area (Å²) in [6.45, 7) is 2.03. The number of thioether (sulfide) groups is 1. The van der Waals surface area contributed by atoms with Crippen molar-refractivity contribution in [3.63, 3.8) is 0 Å². The number of hydrogen-bond acceptors (Lipinski definition) is 4. The molecule has 0 saturated heterocycles. The number of benzene rings is 1. The first-order chi connectivity index (χ1) is 9.24. The number of rotatable bonds is 4. The van der Waals surface area contributed by atoms with E-state index >= 15 is 0 Å². The van der Waals surface area contributed by atoms with E-state index in [0.29, 0.717) is 0 Å². The topological polar surface area (TPSA) is 35.0 Å². The maximum absolute atomic E-state index is 5.39. The smallest absolute Gasteiger partial charge is 0.132 e. The van der Waals surface area contributed by atoms with Crippen LogP contribution in [0.15, 0.2) is 41.7 Å². The minimum atomic E-state index is 0.885. The van der Waals surface area contributed by atoms with Crippen LogP contribution in [0, 0.1) is 0 Å². The van der Waals surface area contributed by atoms with Gasteiger partial charge in [-0.2, -0.15) is 0 Å². The SMILES string of the molecule is COc1cc(C=C(C)c2cnccn2)ccc1SC. The molecular weight excluding hydrogens is 256 g/mol. The van der Waals surface area contributed by atoms with Crippen molar-refractivity contribution in [1.29, 1.82) is 0 Å². The van der Waals surface area contributed by atoms with E-state index in [1.54, 1.807) is 37.5 Å². The van der Waals surface area contributed by atoms with Crippen LogP contribution in [-0.2, 0) is 0 Å². The molecule has 4 heteroatoms. The van der Waals surface area contributed by atoms with Crippen molar-refractivity contribution in [3.05, 3.63) is 48.0 Å². The predicted octanol–water partition coefficient (Wildman–Crippen LogP) is 3.77. The summed E-state index contributed by atoms with van der Waals surface area (Å²) in [6, 6.07) is 6.18. The number of ether oxygens (including phenoxy) is 1. The van der Waals surface area contributed by atoms with Gasteiger partial charge in [-0.1, -0.05) is 6.07 Å². The molecule has 2 rings (SSSR count). The molecular formula is C15H16N2OS. The average Bonchev–Trinajstić information content (AvgIpc) is 2.48. The molecule has 1 aromatic heterocycles. The van der Waals surface area contributed by atoms with Gasteiger partial charge in [0.2, 0.25) is 0 Å². The van der Waals surface area contributed by atoms with Crippen molar-refractivity contribution in [2.45, 2.75) is 11.8 Å². The maximum Gasteiger partial charge on any atom is 0.132 e. The lowest BCUT2D eigenvalue weighted by Gasteiger charge is -2.07. The summed E-state index contributed by atoms with van der Waals surface area (Å²) in [4.78, 5) is 9.50. The zero-order valence-electron chi connectivity index (χ0n) is 11.3. The standard InChI is InChI=1S/C15H16N2OS/c1-11(13-10-16-6-7-17-13)8-12-4-5-15(19-3)14(9-12)18-2/h4-10H,1-3H3. The van der Waals surface area contributed by atoms with E-state index in [1.807, 2.05) is 19.2 Å². The van der Waals surface area contributed by atoms with E-state index in [-0.39, 0.29) is 0 Å². The van der Waals surface area contributed by atoms with Crippen LogP contribution in [-0.4, -0.2) is 23.3 Å². The molecule has 0 aliphatic heterocycles. The zero-order chi connectivity index (χ0) is 13.7. The summed E-state index contributed by atoms with van der Waals surface area (Å²) in [5, 5.41) is 0. The predicted molar refractivity (Wildman–Crippen MR) is 80.4 cm³/mol. The van der Waals surface area contributed by atoms with Gasteiger partial charge in [0.15, 0.2) is 0 Å². The third-order valence-electron chi connectivity index (χ3n) is 2.76. The van der Waals surface area contributed by atoms with Crippen LogP contribution in [0.2, 0.25) is 0 Å². The summed E-state index contributed by atoms with van der Waals surface area (Å²) in [7, 11) is 1.69. The van der Waals surface area contributed by atoms with Crippen LogP contribution in [0.1, 0.15) is 18.2 Å². The van der Waals surface area contributed by atoms with Crippen molar-refractivity contribution < 1.29 is 4.74 Å². The van der Waals surface area contributed by atoms with Crippen molar-refractivity contribution in [1.82, 2.24) is 9.97 Å². The molecule has 1 heterocycles. The number of aromatic nitrogens is 2. The number of hydrogen-bond donors (Lipinski definition) is 0. The Morgan fingerprint density at radius 3 is 2.79 bits per heavy atom. The molecule has 0 fully saturated rings. The first kappa shape index (κ1) is 13.6. The maximum atomic E-state index is 5.39. The average molecular weight is 272 g/mol. The molecule has 1 aromatic carbocycles. The summed E-state index contributed by atoms with van der Waals surface area (Å²) in [6.07, 6.45) is 9.26. The van der Waals surface area contributed by atoms with E-state index in [1.165, 1.54) is 0 Å². The Labute approximate surface area is 117 Å². The van der Waals surface area contributed by atoms with Gasteiger partial charge in [-0.05, 0) is 42.5 Å². The second-order valence-corrected chi connectivity index (χ2v) is 4.88. The van der Waals surface area contributed by atoms with E-state index in [9.17, 15) is 0 Å². The van der Waals surface area contributed by atoms with Crippen molar-refractivity contribution in [2.24, 2.45) is 0 Å². The summed E-state index contributed by atoms with van der Waals surface area (Å²) >= 11 is 1.68. The molecule has 0 spiro atoms. The van der Waals surface area contributed by atoms with Gasteiger partial charge in [0.1, 0.15) is 5.75 Å². The molecule has 0 saturated carbocycles. The Kier molecular flexibility index (Phi) is 4.58. The second kappa shape index (κ2) is 6.38. The van der Waals surface area contributed by atoms with Crippen LogP contribution < -0.4 is 4.74 Å². The normalized spacial score (nSPS) is 11.4. The molecule has 19 heavy (non-hydrogen) atoms. The van der Waals surface area contributed by atoms with Gasteiger partial charge in [0.05, 0.1) is 19.0 Å². The van der Waals surface area contributed by atoms with Gasteiger partial charge < -0.3 is 4.74 Å². The Balaban J connectivity index is 2.33. The lowest BCUT2D eigenvalue weighted by Crippen LogP contribution is -1.89. The van der Waals surface area contributed by atoms with Crippen LogP contribution >= 0.6 is 11.8 Å². The van der Waals surface area contributed by atoms with Gasteiger partial charge in [-0.25, -0.2) is 0 Å². The molecule has 98 valence electrons. The molecule has 0 atom stereocenters. The third kappa shape index (κ3) is 3.35. The molecule has 0 aliphatic carbocycles. The molecule has 0 amide bonds. The highest BCUT2D eigenvalue weighted by Gasteiger charge is 2.03.